The predicted molar refractivity (Wildman–Crippen MR) is 100 cm³/mol. The number of carbonyl (C=O) groups is 2. The molecule has 2 saturated heterocycles. The number of carbonyl (C=O) groups excluding carboxylic acids is 2. The van der Waals surface area contributed by atoms with Crippen LogP contribution in [0.4, 0.5) is 0 Å². The van der Waals surface area contributed by atoms with Gasteiger partial charge in [-0.05, 0) is 50.0 Å². The highest BCUT2D eigenvalue weighted by Crippen LogP contribution is 2.45. The third kappa shape index (κ3) is 3.77. The van der Waals surface area contributed by atoms with Crippen molar-refractivity contribution in [2.45, 2.75) is 39.5 Å². The van der Waals surface area contributed by atoms with Gasteiger partial charge in [-0.3, -0.25) is 9.59 Å². The molecular weight excluding hydrogens is 344 g/mol. The van der Waals surface area contributed by atoms with E-state index >= 15 is 0 Å². The molecule has 148 valence electrons. The molecule has 0 N–H and O–H groups in total. The minimum Gasteiger partial charge on any atom is -0.469 e. The molecule has 3 fully saturated rings. The van der Waals surface area contributed by atoms with Crippen LogP contribution in [-0.2, 0) is 9.53 Å². The van der Waals surface area contributed by atoms with Gasteiger partial charge in [0.05, 0.1) is 18.4 Å². The maximum Gasteiger partial charge on any atom is 0.257 e. The van der Waals surface area contributed by atoms with E-state index in [4.69, 9.17) is 9.15 Å². The van der Waals surface area contributed by atoms with Crippen LogP contribution in [0.1, 0.15) is 48.7 Å². The van der Waals surface area contributed by atoms with Crippen LogP contribution in [0.5, 0.6) is 0 Å². The Kier molecular flexibility index (Phi) is 5.01. The average Bonchev–Trinajstić information content (AvgIpc) is 3.27. The van der Waals surface area contributed by atoms with Gasteiger partial charge >= 0.3 is 0 Å². The molecule has 0 bridgehead atoms. The maximum atomic E-state index is 12.8. The Hall–Kier alpha value is -1.82. The van der Waals surface area contributed by atoms with Gasteiger partial charge in [-0.1, -0.05) is 0 Å². The van der Waals surface area contributed by atoms with Crippen LogP contribution in [0.2, 0.25) is 0 Å². The highest BCUT2D eigenvalue weighted by molar-refractivity contribution is 5.95. The fourth-order valence-corrected chi connectivity index (χ4v) is 4.66. The molecule has 6 heteroatoms. The second-order valence-electron chi connectivity index (χ2n) is 8.62. The van der Waals surface area contributed by atoms with Gasteiger partial charge in [0.15, 0.2) is 0 Å². The number of hydrogen-bond donors (Lipinski definition) is 0. The topological polar surface area (TPSA) is 63.0 Å². The van der Waals surface area contributed by atoms with Crippen molar-refractivity contribution in [3.8, 4) is 0 Å². The summed E-state index contributed by atoms with van der Waals surface area (Å²) in [6, 6.07) is 1.75. The van der Waals surface area contributed by atoms with E-state index in [0.717, 1.165) is 58.2 Å². The highest BCUT2D eigenvalue weighted by Gasteiger charge is 2.49. The minimum absolute atomic E-state index is 0.0547. The minimum atomic E-state index is 0.0547. The lowest BCUT2D eigenvalue weighted by Crippen LogP contribution is -2.47. The number of furan rings is 1. The van der Waals surface area contributed by atoms with Gasteiger partial charge in [0.1, 0.15) is 5.76 Å². The Bertz CT molecular complexity index is 701. The van der Waals surface area contributed by atoms with Gasteiger partial charge in [0.25, 0.3) is 5.91 Å². The first-order valence-electron chi connectivity index (χ1n) is 10.2. The van der Waals surface area contributed by atoms with E-state index in [1.54, 1.807) is 19.3 Å². The number of amides is 2. The van der Waals surface area contributed by atoms with E-state index < -0.39 is 0 Å². The van der Waals surface area contributed by atoms with Crippen LogP contribution in [0, 0.1) is 24.2 Å². The molecule has 2 aliphatic heterocycles. The first-order valence-corrected chi connectivity index (χ1v) is 10.2. The van der Waals surface area contributed by atoms with Crippen LogP contribution >= 0.6 is 0 Å². The Balaban J connectivity index is 1.40. The quantitative estimate of drug-likeness (QED) is 0.795. The maximum absolute atomic E-state index is 12.8. The van der Waals surface area contributed by atoms with E-state index in [9.17, 15) is 9.59 Å². The van der Waals surface area contributed by atoms with Crippen LogP contribution < -0.4 is 0 Å². The van der Waals surface area contributed by atoms with Gasteiger partial charge in [0, 0.05) is 45.6 Å². The SMILES string of the molecule is CC(=O)N1C[C@@H](COCC2CC2)C2(CCN(C(=O)c3ccoc3C)CC2)C1. The molecule has 3 aliphatic rings. The highest BCUT2D eigenvalue weighted by atomic mass is 16.5. The molecule has 2 amide bonds. The Morgan fingerprint density at radius 1 is 1.22 bits per heavy atom. The second kappa shape index (κ2) is 7.30. The van der Waals surface area contributed by atoms with Crippen LogP contribution in [0.15, 0.2) is 16.7 Å². The number of likely N-dealkylation sites (tertiary alicyclic amines) is 2. The molecule has 1 spiro atoms. The molecule has 4 rings (SSSR count). The van der Waals surface area contributed by atoms with Crippen molar-refractivity contribution in [2.75, 3.05) is 39.4 Å². The summed E-state index contributed by atoms with van der Waals surface area (Å²) in [6.45, 7) is 8.12. The van der Waals surface area contributed by atoms with Gasteiger partial charge in [0.2, 0.25) is 5.91 Å². The largest absolute Gasteiger partial charge is 0.469 e. The molecule has 0 aromatic carbocycles. The molecule has 1 saturated carbocycles. The summed E-state index contributed by atoms with van der Waals surface area (Å²) in [4.78, 5) is 28.7. The first kappa shape index (κ1) is 18.5. The number of hydrogen-bond acceptors (Lipinski definition) is 4. The summed E-state index contributed by atoms with van der Waals surface area (Å²) in [6.07, 6.45) is 6.01. The zero-order valence-corrected chi connectivity index (χ0v) is 16.4. The van der Waals surface area contributed by atoms with E-state index in [2.05, 4.69) is 0 Å². The zero-order chi connectivity index (χ0) is 19.0. The molecule has 3 heterocycles. The van der Waals surface area contributed by atoms with Gasteiger partial charge < -0.3 is 19.0 Å². The summed E-state index contributed by atoms with van der Waals surface area (Å²) < 4.78 is 11.3. The van der Waals surface area contributed by atoms with E-state index in [-0.39, 0.29) is 17.2 Å². The van der Waals surface area contributed by atoms with Crippen LogP contribution in [0.25, 0.3) is 0 Å². The summed E-state index contributed by atoms with van der Waals surface area (Å²) >= 11 is 0. The molecule has 0 unspecified atom stereocenters. The number of nitrogens with zero attached hydrogens (tertiary/aromatic N) is 2. The molecule has 27 heavy (non-hydrogen) atoms. The predicted octanol–water partition coefficient (Wildman–Crippen LogP) is 2.72. The standard InChI is InChI=1S/C21H30N2O4/c1-15-19(5-10-27-15)20(25)22-8-6-21(7-9-22)14-23(16(2)24)11-18(21)13-26-12-17-3-4-17/h5,10,17-18H,3-4,6-9,11-14H2,1-2H3/t18-/m0/s1. The Labute approximate surface area is 160 Å². The second-order valence-corrected chi connectivity index (χ2v) is 8.62. The first-order chi connectivity index (χ1) is 13.0. The molecule has 1 aromatic rings. The smallest absolute Gasteiger partial charge is 0.257 e. The number of aryl methyl sites for hydroxylation is 1. The third-order valence-corrected chi connectivity index (χ3v) is 6.76. The van der Waals surface area contributed by atoms with Crippen LogP contribution in [0.3, 0.4) is 0 Å². The van der Waals surface area contributed by atoms with E-state index in [0.29, 0.717) is 17.2 Å². The van der Waals surface area contributed by atoms with Gasteiger partial charge in [-0.2, -0.15) is 0 Å². The lowest BCUT2D eigenvalue weighted by atomic mass is 9.71. The fourth-order valence-electron chi connectivity index (χ4n) is 4.66. The third-order valence-electron chi connectivity index (χ3n) is 6.76. The van der Waals surface area contributed by atoms with Crippen molar-refractivity contribution in [3.63, 3.8) is 0 Å². The fraction of sp³-hybridized carbons (Fsp3) is 0.714. The van der Waals surface area contributed by atoms with Crippen molar-refractivity contribution in [1.82, 2.24) is 9.80 Å². The zero-order valence-electron chi connectivity index (χ0n) is 16.4. The normalized spacial score (nSPS) is 24.6. The Morgan fingerprint density at radius 3 is 2.56 bits per heavy atom. The van der Waals surface area contributed by atoms with Crippen molar-refractivity contribution in [3.05, 3.63) is 23.7 Å². The van der Waals surface area contributed by atoms with Crippen molar-refractivity contribution in [2.24, 2.45) is 17.3 Å². The average molecular weight is 374 g/mol. The van der Waals surface area contributed by atoms with Crippen molar-refractivity contribution in [1.29, 1.82) is 0 Å². The molecule has 1 aliphatic carbocycles. The van der Waals surface area contributed by atoms with E-state index in [1.165, 1.54) is 12.8 Å². The molecule has 1 aromatic heterocycles. The number of ether oxygens (including phenoxy) is 1. The number of piperidine rings is 1. The van der Waals surface area contributed by atoms with Gasteiger partial charge in [-0.15, -0.1) is 0 Å². The lowest BCUT2D eigenvalue weighted by Gasteiger charge is -2.42. The molecular formula is C21H30N2O4. The monoisotopic (exact) mass is 374 g/mol. The Morgan fingerprint density at radius 2 is 1.96 bits per heavy atom. The summed E-state index contributed by atoms with van der Waals surface area (Å²) in [7, 11) is 0. The number of rotatable bonds is 5. The summed E-state index contributed by atoms with van der Waals surface area (Å²) in [5.41, 5.74) is 0.740. The van der Waals surface area contributed by atoms with Crippen molar-refractivity contribution >= 4 is 11.8 Å². The summed E-state index contributed by atoms with van der Waals surface area (Å²) in [5.74, 6) is 2.00. The van der Waals surface area contributed by atoms with Crippen LogP contribution in [-0.4, -0.2) is 61.0 Å². The van der Waals surface area contributed by atoms with Gasteiger partial charge in [-0.25, -0.2) is 0 Å². The molecule has 1 atom stereocenters. The summed E-state index contributed by atoms with van der Waals surface area (Å²) in [5, 5.41) is 0. The van der Waals surface area contributed by atoms with Crippen molar-refractivity contribution < 1.29 is 18.7 Å². The van der Waals surface area contributed by atoms with E-state index in [1.807, 2.05) is 16.7 Å². The molecule has 6 nitrogen and oxygen atoms in total. The lowest BCUT2D eigenvalue weighted by molar-refractivity contribution is -0.128. The molecule has 0 radical (unpaired) electrons.